The van der Waals surface area contributed by atoms with E-state index in [1.807, 2.05) is 4.57 Å². The van der Waals surface area contributed by atoms with Gasteiger partial charge in [-0.05, 0) is 26.3 Å². The summed E-state index contributed by atoms with van der Waals surface area (Å²) in [6.45, 7) is 4.06. The molecule has 0 radical (unpaired) electrons. The molecule has 168 valence electrons. The second-order valence-corrected chi connectivity index (χ2v) is 10.3. The summed E-state index contributed by atoms with van der Waals surface area (Å²) in [5.41, 5.74) is 7.60. The van der Waals surface area contributed by atoms with Gasteiger partial charge in [0.25, 0.3) is 0 Å². The molecule has 3 N–H and O–H groups in total. The summed E-state index contributed by atoms with van der Waals surface area (Å²) in [5.74, 6) is 4.06. The van der Waals surface area contributed by atoms with Crippen LogP contribution in [-0.4, -0.2) is 46.5 Å². The number of ether oxygens (including phenoxy) is 2. The van der Waals surface area contributed by atoms with Crippen molar-refractivity contribution in [3.63, 3.8) is 0 Å². The molecule has 4 rings (SSSR count). The van der Waals surface area contributed by atoms with Crippen LogP contribution >= 0.6 is 11.8 Å². The van der Waals surface area contributed by atoms with Crippen LogP contribution in [0.2, 0.25) is 0 Å². The summed E-state index contributed by atoms with van der Waals surface area (Å²) in [6.07, 6.45) is 7.41. The molecular formula is C20H22N6O4S2. The van der Waals surface area contributed by atoms with Crippen molar-refractivity contribution in [2.45, 2.75) is 42.9 Å². The van der Waals surface area contributed by atoms with E-state index < -0.39 is 10.0 Å². The topological polar surface area (TPSA) is 134 Å². The van der Waals surface area contributed by atoms with Crippen molar-refractivity contribution in [1.29, 1.82) is 0 Å². The standard InChI is InChI=1S/C20H22N6O4S2/c1-4-13-8-14-15(30-11-29-14)9-16(13)31-20-24-17-18(21)22-10-23-19(17)26(20)6-5-7-32(27,28)25-12(2)3/h1,8-10,12,25H,5-7,11H2,2-3H3,(H2,21,22,23). The second kappa shape index (κ2) is 8.85. The minimum atomic E-state index is -3.39. The van der Waals surface area contributed by atoms with Gasteiger partial charge in [0.2, 0.25) is 16.8 Å². The molecule has 0 unspecified atom stereocenters. The average Bonchev–Trinajstić information content (AvgIpc) is 3.31. The van der Waals surface area contributed by atoms with Crippen molar-refractivity contribution in [2.24, 2.45) is 0 Å². The lowest BCUT2D eigenvalue weighted by Crippen LogP contribution is -2.32. The first-order valence-corrected chi connectivity index (χ1v) is 12.3. The highest BCUT2D eigenvalue weighted by Crippen LogP contribution is 2.41. The highest BCUT2D eigenvalue weighted by Gasteiger charge is 2.21. The Labute approximate surface area is 190 Å². The van der Waals surface area contributed by atoms with Crippen LogP contribution in [0, 0.1) is 12.3 Å². The first-order chi connectivity index (χ1) is 15.3. The van der Waals surface area contributed by atoms with Crippen LogP contribution in [0.5, 0.6) is 11.5 Å². The number of terminal acetylenes is 1. The summed E-state index contributed by atoms with van der Waals surface area (Å²) in [7, 11) is -3.39. The molecule has 0 amide bonds. The second-order valence-electron chi connectivity index (χ2n) is 7.37. The van der Waals surface area contributed by atoms with E-state index >= 15 is 0 Å². The number of fused-ring (bicyclic) bond motifs is 2. The number of aromatic nitrogens is 4. The van der Waals surface area contributed by atoms with Crippen LogP contribution in [-0.2, 0) is 16.6 Å². The maximum absolute atomic E-state index is 12.2. The van der Waals surface area contributed by atoms with Gasteiger partial charge in [0, 0.05) is 29.1 Å². The summed E-state index contributed by atoms with van der Waals surface area (Å²) in [6, 6.07) is 3.38. The number of hydrogen-bond acceptors (Lipinski definition) is 9. The van der Waals surface area contributed by atoms with Crippen LogP contribution in [0.4, 0.5) is 5.82 Å². The molecule has 3 aromatic rings. The number of hydrogen-bond donors (Lipinski definition) is 2. The number of rotatable bonds is 8. The fourth-order valence-corrected chi connectivity index (χ4v) is 5.62. The maximum Gasteiger partial charge on any atom is 0.231 e. The van der Waals surface area contributed by atoms with Crippen LogP contribution < -0.4 is 19.9 Å². The Morgan fingerprint density at radius 2 is 2.06 bits per heavy atom. The summed E-state index contributed by atoms with van der Waals surface area (Å²) in [4.78, 5) is 13.7. The van der Waals surface area contributed by atoms with E-state index in [1.165, 1.54) is 18.1 Å². The Morgan fingerprint density at radius 1 is 1.31 bits per heavy atom. The Hall–Kier alpha value is -3.01. The van der Waals surface area contributed by atoms with Crippen molar-refractivity contribution in [3.8, 4) is 23.8 Å². The number of nitrogens with zero attached hydrogens (tertiary/aromatic N) is 4. The minimum absolute atomic E-state index is 0.0326. The Morgan fingerprint density at radius 3 is 2.78 bits per heavy atom. The van der Waals surface area contributed by atoms with Gasteiger partial charge >= 0.3 is 0 Å². The lowest BCUT2D eigenvalue weighted by Gasteiger charge is -2.12. The minimum Gasteiger partial charge on any atom is -0.454 e. The van der Waals surface area contributed by atoms with Crippen molar-refractivity contribution < 1.29 is 17.9 Å². The predicted octanol–water partition coefficient (Wildman–Crippen LogP) is 1.99. The number of nitrogens with one attached hydrogen (secondary N) is 1. The molecule has 1 aliphatic rings. The van der Waals surface area contributed by atoms with Gasteiger partial charge in [-0.3, -0.25) is 0 Å². The lowest BCUT2D eigenvalue weighted by atomic mass is 10.2. The summed E-state index contributed by atoms with van der Waals surface area (Å²) >= 11 is 1.32. The van der Waals surface area contributed by atoms with Crippen LogP contribution in [0.1, 0.15) is 25.8 Å². The lowest BCUT2D eigenvalue weighted by molar-refractivity contribution is 0.174. The highest BCUT2D eigenvalue weighted by molar-refractivity contribution is 7.99. The zero-order valence-corrected chi connectivity index (χ0v) is 19.2. The Balaban J connectivity index is 1.66. The van der Waals surface area contributed by atoms with Gasteiger partial charge in [-0.25, -0.2) is 28.1 Å². The molecule has 1 aromatic carbocycles. The number of benzene rings is 1. The zero-order valence-electron chi connectivity index (χ0n) is 17.5. The normalized spacial score (nSPS) is 13.1. The van der Waals surface area contributed by atoms with E-state index in [0.29, 0.717) is 46.3 Å². The largest absolute Gasteiger partial charge is 0.454 e. The molecular weight excluding hydrogens is 452 g/mol. The molecule has 3 heterocycles. The molecule has 32 heavy (non-hydrogen) atoms. The average molecular weight is 475 g/mol. The van der Waals surface area contributed by atoms with Crippen molar-refractivity contribution in [3.05, 3.63) is 24.0 Å². The first kappa shape index (κ1) is 22.2. The van der Waals surface area contributed by atoms with E-state index in [9.17, 15) is 8.42 Å². The third-order valence-electron chi connectivity index (χ3n) is 4.57. The molecule has 0 bridgehead atoms. The van der Waals surface area contributed by atoms with Gasteiger partial charge in [0.05, 0.1) is 5.75 Å². The number of nitrogens with two attached hydrogens (primary N) is 1. The van der Waals surface area contributed by atoms with Gasteiger partial charge in [-0.1, -0.05) is 17.7 Å². The van der Waals surface area contributed by atoms with Crippen LogP contribution in [0.15, 0.2) is 28.5 Å². The van der Waals surface area contributed by atoms with E-state index in [0.717, 1.165) is 4.90 Å². The first-order valence-electron chi connectivity index (χ1n) is 9.82. The van der Waals surface area contributed by atoms with Gasteiger partial charge < -0.3 is 19.8 Å². The van der Waals surface area contributed by atoms with E-state index in [-0.39, 0.29) is 24.4 Å². The predicted molar refractivity (Wildman–Crippen MR) is 121 cm³/mol. The third-order valence-corrected chi connectivity index (χ3v) is 7.28. The third kappa shape index (κ3) is 4.59. The summed E-state index contributed by atoms with van der Waals surface area (Å²) < 4.78 is 39.7. The number of sulfonamides is 1. The van der Waals surface area contributed by atoms with Gasteiger partial charge in [-0.15, -0.1) is 6.42 Å². The molecule has 12 heteroatoms. The smallest absolute Gasteiger partial charge is 0.231 e. The molecule has 0 saturated heterocycles. The van der Waals surface area contributed by atoms with E-state index in [4.69, 9.17) is 21.6 Å². The monoisotopic (exact) mass is 474 g/mol. The molecule has 0 aliphatic carbocycles. The Kier molecular flexibility index (Phi) is 6.14. The molecule has 0 spiro atoms. The van der Waals surface area contributed by atoms with Gasteiger partial charge in [0.1, 0.15) is 6.33 Å². The fraction of sp³-hybridized carbons (Fsp3) is 0.350. The van der Waals surface area contributed by atoms with Crippen LogP contribution in [0.3, 0.4) is 0 Å². The number of nitrogen functional groups attached to an aromatic ring is 1. The molecule has 10 nitrogen and oxygen atoms in total. The van der Waals surface area contributed by atoms with Crippen molar-refractivity contribution in [1.82, 2.24) is 24.2 Å². The highest BCUT2D eigenvalue weighted by atomic mass is 32.2. The van der Waals surface area contributed by atoms with E-state index in [2.05, 4.69) is 25.6 Å². The molecule has 0 saturated carbocycles. The number of imidazole rings is 1. The van der Waals surface area contributed by atoms with Gasteiger partial charge in [-0.2, -0.15) is 0 Å². The molecule has 0 fully saturated rings. The van der Waals surface area contributed by atoms with Crippen molar-refractivity contribution >= 4 is 38.8 Å². The van der Waals surface area contributed by atoms with Crippen molar-refractivity contribution in [2.75, 3.05) is 18.3 Å². The summed E-state index contributed by atoms with van der Waals surface area (Å²) in [5, 5.41) is 0.566. The van der Waals surface area contributed by atoms with Gasteiger partial charge in [0.15, 0.2) is 33.6 Å². The number of anilines is 1. The van der Waals surface area contributed by atoms with Crippen LogP contribution in [0.25, 0.3) is 11.2 Å². The molecule has 2 aromatic heterocycles. The number of aryl methyl sites for hydroxylation is 1. The fourth-order valence-electron chi connectivity index (χ4n) is 3.26. The van der Waals surface area contributed by atoms with E-state index in [1.54, 1.807) is 26.0 Å². The molecule has 1 aliphatic heterocycles. The zero-order chi connectivity index (χ0) is 22.9. The molecule has 0 atom stereocenters. The Bertz CT molecular complexity index is 1310. The maximum atomic E-state index is 12.2. The SMILES string of the molecule is C#Cc1cc2c(cc1Sc1nc3c(N)ncnc3n1CCCS(=O)(=O)NC(C)C)OCO2. The quantitative estimate of drug-likeness (QED) is 0.470.